The van der Waals surface area contributed by atoms with Gasteiger partial charge in [0.25, 0.3) is 5.91 Å². The maximum atomic E-state index is 13.0. The monoisotopic (exact) mass is 398 g/mol. The van der Waals surface area contributed by atoms with Gasteiger partial charge in [0, 0.05) is 37.1 Å². The molecule has 0 saturated carbocycles. The van der Waals surface area contributed by atoms with E-state index in [4.69, 9.17) is 16.3 Å². The van der Waals surface area contributed by atoms with E-state index in [1.165, 1.54) is 0 Å². The zero-order chi connectivity index (χ0) is 19.5. The quantitative estimate of drug-likeness (QED) is 0.717. The Morgan fingerprint density at radius 1 is 1.18 bits per heavy atom. The molecule has 2 aromatic carbocycles. The Morgan fingerprint density at radius 3 is 2.64 bits per heavy atom. The molecule has 1 unspecified atom stereocenters. The molecule has 7 heteroatoms. The van der Waals surface area contributed by atoms with Gasteiger partial charge in [0.1, 0.15) is 5.69 Å². The van der Waals surface area contributed by atoms with E-state index in [-0.39, 0.29) is 11.9 Å². The summed E-state index contributed by atoms with van der Waals surface area (Å²) in [5.41, 5.74) is 2.52. The van der Waals surface area contributed by atoms with Crippen molar-refractivity contribution in [3.8, 4) is 0 Å². The average Bonchev–Trinajstić information content (AvgIpc) is 3.06. The fraction of sp³-hybridized carbons (Fsp3) is 0.333. The van der Waals surface area contributed by atoms with Crippen molar-refractivity contribution < 1.29 is 9.53 Å². The van der Waals surface area contributed by atoms with Crippen molar-refractivity contribution in [1.82, 2.24) is 20.0 Å². The Labute approximate surface area is 169 Å². The van der Waals surface area contributed by atoms with Crippen molar-refractivity contribution in [2.45, 2.75) is 6.04 Å². The molecular formula is C21H23ClN4O2. The summed E-state index contributed by atoms with van der Waals surface area (Å²) in [4.78, 5) is 15.3. The van der Waals surface area contributed by atoms with Crippen LogP contribution < -0.4 is 5.32 Å². The standard InChI is InChI=1S/C21H23ClN4O2/c1-25-20(17-4-2-3-5-18(17)24-25)21(27)23-14-19(26-10-12-28-13-11-26)15-6-8-16(22)9-7-15/h2-9,19H,10-14H2,1H3,(H,23,27). The third kappa shape index (κ3) is 3.90. The summed E-state index contributed by atoms with van der Waals surface area (Å²) in [5, 5.41) is 9.11. The lowest BCUT2D eigenvalue weighted by atomic mass is 10.0. The van der Waals surface area contributed by atoms with Gasteiger partial charge in [-0.15, -0.1) is 0 Å². The number of halogens is 1. The predicted molar refractivity (Wildman–Crippen MR) is 110 cm³/mol. The minimum atomic E-state index is -0.122. The molecule has 0 aliphatic carbocycles. The summed E-state index contributed by atoms with van der Waals surface area (Å²) in [6, 6.07) is 15.6. The van der Waals surface area contributed by atoms with Crippen LogP contribution in [-0.2, 0) is 11.8 Å². The number of aryl methyl sites for hydroxylation is 1. The van der Waals surface area contributed by atoms with Crippen molar-refractivity contribution in [1.29, 1.82) is 0 Å². The number of carbonyl (C=O) groups excluding carboxylic acids is 1. The normalized spacial score (nSPS) is 16.2. The van der Waals surface area contributed by atoms with Gasteiger partial charge in [-0.3, -0.25) is 14.4 Å². The summed E-state index contributed by atoms with van der Waals surface area (Å²) in [6.45, 7) is 3.56. The number of benzene rings is 2. The SMILES string of the molecule is Cn1nc2ccccc2c1C(=O)NCC(c1ccc(Cl)cc1)N1CCOCC1. The first kappa shape index (κ1) is 18.9. The number of hydrogen-bond donors (Lipinski definition) is 1. The molecule has 1 aromatic heterocycles. The fourth-order valence-electron chi connectivity index (χ4n) is 3.72. The highest BCUT2D eigenvalue weighted by Crippen LogP contribution is 2.24. The van der Waals surface area contributed by atoms with Crippen molar-refractivity contribution in [2.75, 3.05) is 32.8 Å². The molecule has 6 nitrogen and oxygen atoms in total. The molecule has 1 fully saturated rings. The summed E-state index contributed by atoms with van der Waals surface area (Å²) in [7, 11) is 1.80. The topological polar surface area (TPSA) is 59.4 Å². The van der Waals surface area contributed by atoms with Crippen LogP contribution in [0.3, 0.4) is 0 Å². The summed E-state index contributed by atoms with van der Waals surface area (Å²) >= 11 is 6.06. The first-order valence-corrected chi connectivity index (χ1v) is 9.78. The van der Waals surface area contributed by atoms with E-state index < -0.39 is 0 Å². The van der Waals surface area contributed by atoms with Crippen LogP contribution in [0.4, 0.5) is 0 Å². The van der Waals surface area contributed by atoms with Gasteiger partial charge < -0.3 is 10.1 Å². The summed E-state index contributed by atoms with van der Waals surface area (Å²) in [6.07, 6.45) is 0. The third-order valence-electron chi connectivity index (χ3n) is 5.15. The molecule has 1 N–H and O–H groups in total. The van der Waals surface area contributed by atoms with E-state index in [1.54, 1.807) is 11.7 Å². The number of ether oxygens (including phenoxy) is 1. The second-order valence-corrected chi connectivity index (χ2v) is 7.35. The average molecular weight is 399 g/mol. The minimum Gasteiger partial charge on any atom is -0.379 e. The molecule has 0 radical (unpaired) electrons. The zero-order valence-electron chi connectivity index (χ0n) is 15.8. The Morgan fingerprint density at radius 2 is 1.89 bits per heavy atom. The molecule has 1 aliphatic heterocycles. The van der Waals surface area contributed by atoms with E-state index >= 15 is 0 Å². The number of morpholine rings is 1. The van der Waals surface area contributed by atoms with Crippen LogP contribution in [0, 0.1) is 0 Å². The molecule has 28 heavy (non-hydrogen) atoms. The second-order valence-electron chi connectivity index (χ2n) is 6.92. The minimum absolute atomic E-state index is 0.0598. The smallest absolute Gasteiger partial charge is 0.270 e. The predicted octanol–water partition coefficient (Wildman–Crippen LogP) is 3.03. The lowest BCUT2D eigenvalue weighted by Crippen LogP contribution is -2.44. The van der Waals surface area contributed by atoms with E-state index in [9.17, 15) is 4.79 Å². The number of nitrogens with zero attached hydrogens (tertiary/aromatic N) is 3. The van der Waals surface area contributed by atoms with Gasteiger partial charge in [0.05, 0.1) is 24.8 Å². The maximum Gasteiger partial charge on any atom is 0.270 e. The number of carbonyl (C=O) groups is 1. The van der Waals surface area contributed by atoms with Crippen LogP contribution in [0.1, 0.15) is 22.1 Å². The van der Waals surface area contributed by atoms with Crippen LogP contribution in [0.2, 0.25) is 5.02 Å². The molecule has 2 heterocycles. The number of nitrogens with one attached hydrogen (secondary N) is 1. The van der Waals surface area contributed by atoms with Gasteiger partial charge in [-0.05, 0) is 23.8 Å². The Kier molecular flexibility index (Phi) is 5.62. The van der Waals surface area contributed by atoms with E-state index in [2.05, 4.69) is 15.3 Å². The van der Waals surface area contributed by atoms with E-state index in [1.807, 2.05) is 48.5 Å². The molecule has 1 atom stereocenters. The van der Waals surface area contributed by atoms with Gasteiger partial charge in [0.2, 0.25) is 0 Å². The molecule has 146 valence electrons. The fourth-order valence-corrected chi connectivity index (χ4v) is 3.85. The Balaban J connectivity index is 1.55. The highest BCUT2D eigenvalue weighted by Gasteiger charge is 2.24. The van der Waals surface area contributed by atoms with Crippen LogP contribution in [0.25, 0.3) is 10.9 Å². The van der Waals surface area contributed by atoms with E-state index in [0.29, 0.717) is 30.5 Å². The van der Waals surface area contributed by atoms with Gasteiger partial charge in [-0.1, -0.05) is 41.9 Å². The first-order valence-electron chi connectivity index (χ1n) is 9.40. The molecule has 1 aliphatic rings. The molecule has 4 rings (SSSR count). The number of amides is 1. The highest BCUT2D eigenvalue weighted by atomic mass is 35.5. The third-order valence-corrected chi connectivity index (χ3v) is 5.40. The van der Waals surface area contributed by atoms with E-state index in [0.717, 1.165) is 29.6 Å². The molecule has 3 aromatic rings. The number of rotatable bonds is 5. The molecular weight excluding hydrogens is 376 g/mol. The van der Waals surface area contributed by atoms with Gasteiger partial charge in [0.15, 0.2) is 0 Å². The molecule has 0 bridgehead atoms. The maximum absolute atomic E-state index is 13.0. The van der Waals surface area contributed by atoms with Crippen molar-refractivity contribution in [3.63, 3.8) is 0 Å². The lowest BCUT2D eigenvalue weighted by molar-refractivity contribution is 0.0162. The lowest BCUT2D eigenvalue weighted by Gasteiger charge is -2.35. The van der Waals surface area contributed by atoms with Gasteiger partial charge >= 0.3 is 0 Å². The highest BCUT2D eigenvalue weighted by molar-refractivity contribution is 6.30. The van der Waals surface area contributed by atoms with Crippen LogP contribution in [-0.4, -0.2) is 53.4 Å². The number of aromatic nitrogens is 2. The Hall–Kier alpha value is -2.41. The van der Waals surface area contributed by atoms with Crippen LogP contribution in [0.5, 0.6) is 0 Å². The van der Waals surface area contributed by atoms with Crippen molar-refractivity contribution in [3.05, 3.63) is 64.8 Å². The zero-order valence-corrected chi connectivity index (χ0v) is 16.5. The number of hydrogen-bond acceptors (Lipinski definition) is 4. The van der Waals surface area contributed by atoms with Crippen LogP contribution >= 0.6 is 11.6 Å². The summed E-state index contributed by atoms with van der Waals surface area (Å²) in [5.74, 6) is -0.122. The summed E-state index contributed by atoms with van der Waals surface area (Å²) < 4.78 is 7.14. The molecule has 1 saturated heterocycles. The second kappa shape index (κ2) is 8.31. The molecule has 0 spiro atoms. The van der Waals surface area contributed by atoms with Crippen molar-refractivity contribution in [2.24, 2.45) is 7.05 Å². The van der Waals surface area contributed by atoms with Crippen molar-refractivity contribution >= 4 is 28.4 Å². The largest absolute Gasteiger partial charge is 0.379 e. The van der Waals surface area contributed by atoms with Gasteiger partial charge in [-0.25, -0.2) is 0 Å². The molecule has 1 amide bonds. The Bertz CT molecular complexity index is 964. The van der Waals surface area contributed by atoms with Crippen LogP contribution in [0.15, 0.2) is 48.5 Å². The first-order chi connectivity index (χ1) is 13.6. The van der Waals surface area contributed by atoms with Gasteiger partial charge in [-0.2, -0.15) is 5.10 Å². The number of fused-ring (bicyclic) bond motifs is 1.